The van der Waals surface area contributed by atoms with Gasteiger partial charge in [0.05, 0.1) is 23.3 Å². The van der Waals surface area contributed by atoms with Gasteiger partial charge in [-0.25, -0.2) is 27.2 Å². The number of nitrogens with zero attached hydrogens (tertiary/aromatic N) is 5. The van der Waals surface area contributed by atoms with E-state index in [2.05, 4.69) is 19.8 Å². The molecule has 5 aromatic rings. The van der Waals surface area contributed by atoms with Crippen LogP contribution < -0.4 is 4.72 Å². The van der Waals surface area contributed by atoms with E-state index in [-0.39, 0.29) is 17.0 Å². The van der Waals surface area contributed by atoms with Crippen LogP contribution in [0.5, 0.6) is 0 Å². The van der Waals surface area contributed by atoms with Crippen molar-refractivity contribution in [2.45, 2.75) is 6.92 Å². The van der Waals surface area contributed by atoms with Crippen LogP contribution in [0, 0.1) is 11.6 Å². The van der Waals surface area contributed by atoms with Gasteiger partial charge in [-0.2, -0.15) is 5.10 Å². The maximum Gasteiger partial charge on any atom is 0.232 e. The highest BCUT2D eigenvalue weighted by atomic mass is 32.2. The minimum absolute atomic E-state index is 0.126. The SMILES string of the molecule is CCS(=O)(=O)Nc1cc(-c2ccc(F)cc2F)cc(-n2cnc3cc(-c4cnn(C)c4)cnc32)c1. The number of nitrogens with one attached hydrogen (secondary N) is 1. The molecule has 0 aliphatic rings. The third kappa shape index (κ3) is 4.50. The first-order valence-electron chi connectivity index (χ1n) is 10.7. The summed E-state index contributed by atoms with van der Waals surface area (Å²) in [6.45, 7) is 1.51. The molecule has 5 rings (SSSR count). The number of fused-ring (bicyclic) bond motifs is 1. The molecule has 1 N–H and O–H groups in total. The van der Waals surface area contributed by atoms with Crippen LogP contribution in [-0.4, -0.2) is 38.5 Å². The second kappa shape index (κ2) is 8.58. The number of sulfonamides is 1. The molecule has 0 unspecified atom stereocenters. The fraction of sp³-hybridized carbons (Fsp3) is 0.125. The quantitative estimate of drug-likeness (QED) is 0.374. The van der Waals surface area contributed by atoms with Crippen LogP contribution in [0.1, 0.15) is 6.92 Å². The first-order chi connectivity index (χ1) is 16.7. The lowest BCUT2D eigenvalue weighted by molar-refractivity contribution is 0.585. The first kappa shape index (κ1) is 22.7. The number of rotatable bonds is 6. The van der Waals surface area contributed by atoms with E-state index in [1.807, 2.05) is 19.3 Å². The molecule has 11 heteroatoms. The van der Waals surface area contributed by atoms with E-state index in [1.54, 1.807) is 40.1 Å². The molecule has 0 aliphatic carbocycles. The molecule has 35 heavy (non-hydrogen) atoms. The molecule has 0 fully saturated rings. The molecule has 0 atom stereocenters. The van der Waals surface area contributed by atoms with Gasteiger partial charge in [0.1, 0.15) is 23.5 Å². The lowest BCUT2D eigenvalue weighted by Crippen LogP contribution is -2.15. The molecule has 0 spiro atoms. The normalized spacial score (nSPS) is 11.8. The lowest BCUT2D eigenvalue weighted by Gasteiger charge is -2.13. The second-order valence-electron chi connectivity index (χ2n) is 7.98. The molecular formula is C24H20F2N6O2S. The second-order valence-corrected chi connectivity index (χ2v) is 9.99. The minimum Gasteiger partial charge on any atom is -0.283 e. The minimum atomic E-state index is -3.60. The summed E-state index contributed by atoms with van der Waals surface area (Å²) in [7, 11) is -1.78. The highest BCUT2D eigenvalue weighted by Crippen LogP contribution is 2.31. The number of pyridine rings is 1. The van der Waals surface area contributed by atoms with E-state index in [0.717, 1.165) is 23.3 Å². The molecule has 0 radical (unpaired) electrons. The average molecular weight is 495 g/mol. The van der Waals surface area contributed by atoms with E-state index in [0.29, 0.717) is 22.4 Å². The Balaban J connectivity index is 1.65. The predicted molar refractivity (Wildman–Crippen MR) is 130 cm³/mol. The lowest BCUT2D eigenvalue weighted by atomic mass is 10.0. The summed E-state index contributed by atoms with van der Waals surface area (Å²) in [5.41, 5.74) is 4.10. The molecule has 8 nitrogen and oxygen atoms in total. The molecule has 0 bridgehead atoms. The molecule has 0 saturated heterocycles. The summed E-state index contributed by atoms with van der Waals surface area (Å²) in [6.07, 6.45) is 6.85. The molecule has 0 amide bonds. The Bertz CT molecular complexity index is 1680. The molecule has 0 aliphatic heterocycles. The molecule has 3 aromatic heterocycles. The van der Waals surface area contributed by atoms with Gasteiger partial charge in [-0.05, 0) is 48.9 Å². The van der Waals surface area contributed by atoms with Crippen molar-refractivity contribution in [3.63, 3.8) is 0 Å². The fourth-order valence-corrected chi connectivity index (χ4v) is 4.38. The summed E-state index contributed by atoms with van der Waals surface area (Å²) in [4.78, 5) is 9.01. The van der Waals surface area contributed by atoms with Crippen LogP contribution >= 0.6 is 0 Å². The van der Waals surface area contributed by atoms with E-state index in [4.69, 9.17) is 0 Å². The van der Waals surface area contributed by atoms with Gasteiger partial charge in [0.2, 0.25) is 10.0 Å². The zero-order chi connectivity index (χ0) is 24.7. The Morgan fingerprint density at radius 1 is 0.971 bits per heavy atom. The maximum atomic E-state index is 14.6. The van der Waals surface area contributed by atoms with Crippen molar-refractivity contribution in [1.82, 2.24) is 24.3 Å². The maximum absolute atomic E-state index is 14.6. The monoisotopic (exact) mass is 494 g/mol. The van der Waals surface area contributed by atoms with Crippen molar-refractivity contribution in [3.05, 3.63) is 79.0 Å². The van der Waals surface area contributed by atoms with Gasteiger partial charge < -0.3 is 0 Å². The predicted octanol–water partition coefficient (Wildman–Crippen LogP) is 4.53. The Labute approximate surface area is 199 Å². The summed E-state index contributed by atoms with van der Waals surface area (Å²) >= 11 is 0. The zero-order valence-corrected chi connectivity index (χ0v) is 19.6. The van der Waals surface area contributed by atoms with Crippen LogP contribution in [0.15, 0.2) is 67.4 Å². The number of hydrogen-bond acceptors (Lipinski definition) is 5. The standard InChI is InChI=1S/C24H20F2N6O2S/c1-3-35(33,34)30-19-6-15(21-5-4-18(25)9-22(21)26)7-20(10-19)32-14-28-23-8-16(11-27-24(23)32)17-12-29-31(2)13-17/h4-14,30H,3H2,1-2H3. The fourth-order valence-electron chi connectivity index (χ4n) is 3.76. The van der Waals surface area contributed by atoms with E-state index in [1.165, 1.54) is 19.1 Å². The highest BCUT2D eigenvalue weighted by Gasteiger charge is 2.15. The van der Waals surface area contributed by atoms with E-state index >= 15 is 0 Å². The topological polar surface area (TPSA) is 94.7 Å². The van der Waals surface area contributed by atoms with Gasteiger partial charge in [0.15, 0.2) is 5.65 Å². The number of hydrogen-bond donors (Lipinski definition) is 1. The van der Waals surface area contributed by atoms with Gasteiger partial charge in [0.25, 0.3) is 0 Å². The smallest absolute Gasteiger partial charge is 0.232 e. The van der Waals surface area contributed by atoms with Gasteiger partial charge >= 0.3 is 0 Å². The third-order valence-electron chi connectivity index (χ3n) is 5.52. The van der Waals surface area contributed by atoms with Crippen molar-refractivity contribution in [2.75, 3.05) is 10.5 Å². The van der Waals surface area contributed by atoms with Crippen LogP contribution in [0.25, 0.3) is 39.1 Å². The molecule has 0 saturated carbocycles. The molecular weight excluding hydrogens is 474 g/mol. The summed E-state index contributed by atoms with van der Waals surface area (Å²) < 4.78 is 58.4. The highest BCUT2D eigenvalue weighted by molar-refractivity contribution is 7.92. The molecule has 2 aromatic carbocycles. The Morgan fingerprint density at radius 2 is 1.80 bits per heavy atom. The van der Waals surface area contributed by atoms with Crippen molar-refractivity contribution >= 4 is 26.9 Å². The number of benzene rings is 2. The molecule has 178 valence electrons. The van der Waals surface area contributed by atoms with Gasteiger partial charge in [-0.1, -0.05) is 0 Å². The summed E-state index contributed by atoms with van der Waals surface area (Å²) in [5.74, 6) is -1.60. The van der Waals surface area contributed by atoms with Crippen molar-refractivity contribution in [1.29, 1.82) is 0 Å². The third-order valence-corrected chi connectivity index (χ3v) is 6.82. The number of halogens is 2. The number of imidazole rings is 1. The summed E-state index contributed by atoms with van der Waals surface area (Å²) in [6, 6.07) is 9.89. The van der Waals surface area contributed by atoms with Crippen molar-refractivity contribution < 1.29 is 17.2 Å². The summed E-state index contributed by atoms with van der Waals surface area (Å²) in [5, 5.41) is 4.18. The van der Waals surface area contributed by atoms with Gasteiger partial charge in [-0.15, -0.1) is 0 Å². The van der Waals surface area contributed by atoms with Gasteiger partial charge in [-0.3, -0.25) is 14.0 Å². The molecule has 3 heterocycles. The van der Waals surface area contributed by atoms with E-state index in [9.17, 15) is 17.2 Å². The average Bonchev–Trinajstić information content (AvgIpc) is 3.44. The number of aromatic nitrogens is 5. The Kier molecular flexibility index (Phi) is 5.56. The van der Waals surface area contributed by atoms with Crippen molar-refractivity contribution in [2.24, 2.45) is 7.05 Å². The van der Waals surface area contributed by atoms with E-state index < -0.39 is 21.7 Å². The van der Waals surface area contributed by atoms with Crippen LogP contribution in [0.2, 0.25) is 0 Å². The van der Waals surface area contributed by atoms with Crippen LogP contribution in [-0.2, 0) is 17.1 Å². The zero-order valence-electron chi connectivity index (χ0n) is 18.8. The van der Waals surface area contributed by atoms with Gasteiger partial charge in [0, 0.05) is 42.2 Å². The first-order valence-corrected chi connectivity index (χ1v) is 12.3. The Hall–Kier alpha value is -4.12. The largest absolute Gasteiger partial charge is 0.283 e. The Morgan fingerprint density at radius 3 is 2.51 bits per heavy atom. The number of anilines is 1. The van der Waals surface area contributed by atoms with Crippen LogP contribution in [0.3, 0.4) is 0 Å². The number of aryl methyl sites for hydroxylation is 1. The van der Waals surface area contributed by atoms with Crippen molar-refractivity contribution in [3.8, 4) is 27.9 Å². The van der Waals surface area contributed by atoms with Crippen LogP contribution in [0.4, 0.5) is 14.5 Å².